The fraction of sp³-hybridized carbons (Fsp3) is 0.444. The van der Waals surface area contributed by atoms with E-state index < -0.39 is 0 Å². The molecule has 1 aliphatic heterocycles. The minimum atomic E-state index is 0.0547. The van der Waals surface area contributed by atoms with Gasteiger partial charge in [-0.1, -0.05) is 17.3 Å². The minimum Gasteiger partial charge on any atom is -0.488 e. The van der Waals surface area contributed by atoms with Gasteiger partial charge in [-0.15, -0.1) is 0 Å². The van der Waals surface area contributed by atoms with Crippen LogP contribution in [0.1, 0.15) is 46.6 Å². The topological polar surface area (TPSA) is 55.6 Å². The number of likely N-dealkylation sites (tertiary alicyclic amines) is 1. The van der Waals surface area contributed by atoms with Crippen LogP contribution in [0.15, 0.2) is 28.8 Å². The first-order valence-electron chi connectivity index (χ1n) is 8.09. The molecule has 0 bridgehead atoms. The average molecular weight is 314 g/mol. The summed E-state index contributed by atoms with van der Waals surface area (Å²) in [6.45, 7) is 5.77. The number of para-hydroxylation sites is 1. The van der Waals surface area contributed by atoms with Gasteiger partial charge >= 0.3 is 0 Å². The zero-order valence-corrected chi connectivity index (χ0v) is 13.7. The fourth-order valence-electron chi connectivity index (χ4n) is 2.89. The van der Waals surface area contributed by atoms with Crippen LogP contribution in [0.2, 0.25) is 0 Å². The van der Waals surface area contributed by atoms with Gasteiger partial charge in [0.05, 0.1) is 16.8 Å². The quantitative estimate of drug-likeness (QED) is 0.867. The molecule has 0 saturated carbocycles. The molecule has 0 unspecified atom stereocenters. The van der Waals surface area contributed by atoms with E-state index in [1.807, 2.05) is 43.0 Å². The molecule has 0 atom stereocenters. The Bertz CT molecular complexity index is 668. The van der Waals surface area contributed by atoms with Gasteiger partial charge < -0.3 is 14.2 Å². The largest absolute Gasteiger partial charge is 0.488 e. The van der Waals surface area contributed by atoms with Gasteiger partial charge in [0, 0.05) is 13.1 Å². The maximum atomic E-state index is 12.7. The lowest BCUT2D eigenvalue weighted by Crippen LogP contribution is -2.35. The van der Waals surface area contributed by atoms with Crippen molar-refractivity contribution in [2.75, 3.05) is 13.1 Å². The third kappa shape index (κ3) is 3.38. The van der Waals surface area contributed by atoms with Gasteiger partial charge in [-0.05, 0) is 45.2 Å². The van der Waals surface area contributed by atoms with Crippen molar-refractivity contribution in [2.24, 2.45) is 0 Å². The normalized spacial score (nSPS) is 14.8. The molecule has 122 valence electrons. The zero-order valence-electron chi connectivity index (χ0n) is 13.7. The maximum absolute atomic E-state index is 12.7. The summed E-state index contributed by atoms with van der Waals surface area (Å²) < 4.78 is 11.1. The van der Waals surface area contributed by atoms with Crippen LogP contribution in [0.25, 0.3) is 0 Å². The van der Waals surface area contributed by atoms with Gasteiger partial charge in [0.15, 0.2) is 0 Å². The Morgan fingerprint density at radius 1 is 1.22 bits per heavy atom. The van der Waals surface area contributed by atoms with Crippen molar-refractivity contribution >= 4 is 5.91 Å². The Balaban J connectivity index is 1.76. The number of amides is 1. The zero-order chi connectivity index (χ0) is 16.2. The number of hydrogen-bond donors (Lipinski definition) is 0. The molecular weight excluding hydrogens is 292 g/mol. The predicted molar refractivity (Wildman–Crippen MR) is 86.5 cm³/mol. The third-order valence-corrected chi connectivity index (χ3v) is 4.31. The summed E-state index contributed by atoms with van der Waals surface area (Å²) in [7, 11) is 0. The molecule has 1 saturated heterocycles. The Morgan fingerprint density at radius 2 is 1.96 bits per heavy atom. The lowest BCUT2D eigenvalue weighted by atomic mass is 10.1. The van der Waals surface area contributed by atoms with Crippen molar-refractivity contribution in [3.05, 3.63) is 46.8 Å². The van der Waals surface area contributed by atoms with Crippen molar-refractivity contribution in [1.29, 1.82) is 0 Å². The summed E-state index contributed by atoms with van der Waals surface area (Å²) in [6, 6.07) is 7.44. The van der Waals surface area contributed by atoms with Crippen LogP contribution in [0.4, 0.5) is 0 Å². The van der Waals surface area contributed by atoms with E-state index in [0.717, 1.165) is 42.9 Å². The number of carbonyl (C=O) groups excluding carboxylic acids is 1. The number of aromatic nitrogens is 1. The number of aryl methyl sites for hydroxylation is 2. The number of rotatable bonds is 4. The number of benzene rings is 1. The Hall–Kier alpha value is -2.30. The molecule has 5 nitrogen and oxygen atoms in total. The van der Waals surface area contributed by atoms with Gasteiger partial charge in [0.1, 0.15) is 18.1 Å². The van der Waals surface area contributed by atoms with Crippen molar-refractivity contribution in [3.8, 4) is 5.75 Å². The fourth-order valence-corrected chi connectivity index (χ4v) is 2.89. The molecule has 5 heteroatoms. The van der Waals surface area contributed by atoms with Crippen LogP contribution in [0.5, 0.6) is 5.75 Å². The summed E-state index contributed by atoms with van der Waals surface area (Å²) >= 11 is 0. The van der Waals surface area contributed by atoms with Crippen molar-refractivity contribution in [3.63, 3.8) is 0 Å². The molecule has 2 heterocycles. The van der Waals surface area contributed by atoms with Crippen molar-refractivity contribution < 1.29 is 14.1 Å². The Morgan fingerprint density at radius 3 is 2.65 bits per heavy atom. The first kappa shape index (κ1) is 15.6. The highest BCUT2D eigenvalue weighted by atomic mass is 16.5. The molecule has 23 heavy (non-hydrogen) atoms. The highest BCUT2D eigenvalue weighted by Crippen LogP contribution is 2.24. The summed E-state index contributed by atoms with van der Waals surface area (Å²) in [5.74, 6) is 1.42. The van der Waals surface area contributed by atoms with E-state index in [1.165, 1.54) is 6.42 Å². The summed E-state index contributed by atoms with van der Waals surface area (Å²) in [5.41, 5.74) is 2.38. The Labute approximate surface area is 136 Å². The molecule has 0 aliphatic carbocycles. The van der Waals surface area contributed by atoms with E-state index in [2.05, 4.69) is 5.16 Å². The predicted octanol–water partition coefficient (Wildman–Crippen LogP) is 3.50. The molecular formula is C18H22N2O3. The first-order valence-corrected chi connectivity index (χ1v) is 8.09. The summed E-state index contributed by atoms with van der Waals surface area (Å²) in [5, 5.41) is 3.93. The molecule has 0 spiro atoms. The van der Waals surface area contributed by atoms with Gasteiger partial charge in [0.2, 0.25) is 0 Å². The first-order chi connectivity index (χ1) is 11.2. The smallest absolute Gasteiger partial charge is 0.257 e. The van der Waals surface area contributed by atoms with Crippen molar-refractivity contribution in [1.82, 2.24) is 10.1 Å². The van der Waals surface area contributed by atoms with Crippen LogP contribution < -0.4 is 4.74 Å². The van der Waals surface area contributed by atoms with E-state index in [0.29, 0.717) is 17.9 Å². The van der Waals surface area contributed by atoms with E-state index >= 15 is 0 Å². The second kappa shape index (κ2) is 6.86. The second-order valence-electron chi connectivity index (χ2n) is 5.94. The third-order valence-electron chi connectivity index (χ3n) is 4.31. The highest BCUT2D eigenvalue weighted by Gasteiger charge is 2.21. The number of ether oxygens (including phenoxy) is 1. The molecule has 1 fully saturated rings. The second-order valence-corrected chi connectivity index (χ2v) is 5.94. The molecule has 2 aromatic rings. The van der Waals surface area contributed by atoms with Gasteiger partial charge in [-0.25, -0.2) is 0 Å². The van der Waals surface area contributed by atoms with E-state index in [9.17, 15) is 4.79 Å². The molecule has 1 aromatic heterocycles. The van der Waals surface area contributed by atoms with E-state index in [-0.39, 0.29) is 5.91 Å². The lowest BCUT2D eigenvalue weighted by molar-refractivity contribution is 0.0719. The number of carbonyl (C=O) groups is 1. The molecule has 1 aliphatic rings. The van der Waals surface area contributed by atoms with Gasteiger partial charge in [-0.3, -0.25) is 4.79 Å². The van der Waals surface area contributed by atoms with Gasteiger partial charge in [0.25, 0.3) is 5.91 Å². The average Bonchev–Trinajstić information content (AvgIpc) is 2.92. The molecule has 0 radical (unpaired) electrons. The van der Waals surface area contributed by atoms with Crippen LogP contribution in [0.3, 0.4) is 0 Å². The number of hydrogen-bond acceptors (Lipinski definition) is 4. The summed E-state index contributed by atoms with van der Waals surface area (Å²) in [4.78, 5) is 14.6. The van der Waals surface area contributed by atoms with E-state index in [4.69, 9.17) is 9.26 Å². The molecule has 1 aromatic carbocycles. The van der Waals surface area contributed by atoms with Crippen LogP contribution in [-0.4, -0.2) is 29.1 Å². The molecule has 3 rings (SSSR count). The van der Waals surface area contributed by atoms with Crippen molar-refractivity contribution in [2.45, 2.75) is 39.7 Å². The van der Waals surface area contributed by atoms with E-state index in [1.54, 1.807) is 0 Å². The van der Waals surface area contributed by atoms with Gasteiger partial charge in [-0.2, -0.15) is 0 Å². The standard InChI is InChI=1S/C18H22N2O3/c1-13-16(14(2)23-19-13)12-22-17-9-5-4-8-15(17)18(21)20-10-6-3-7-11-20/h4-5,8-9H,3,6-7,10-12H2,1-2H3. The minimum absolute atomic E-state index is 0.0547. The van der Waals surface area contributed by atoms with Crippen LogP contribution in [-0.2, 0) is 6.61 Å². The number of nitrogens with zero attached hydrogens (tertiary/aromatic N) is 2. The maximum Gasteiger partial charge on any atom is 0.257 e. The monoisotopic (exact) mass is 314 g/mol. The van der Waals surface area contributed by atoms with Crippen LogP contribution >= 0.6 is 0 Å². The summed E-state index contributed by atoms with van der Waals surface area (Å²) in [6.07, 6.45) is 3.36. The van der Waals surface area contributed by atoms with Crippen LogP contribution in [0, 0.1) is 13.8 Å². The Kier molecular flexibility index (Phi) is 4.65. The molecule has 1 amide bonds. The lowest BCUT2D eigenvalue weighted by Gasteiger charge is -2.27. The number of piperidine rings is 1. The SMILES string of the molecule is Cc1noc(C)c1COc1ccccc1C(=O)N1CCCCC1. The molecule has 0 N–H and O–H groups in total. The highest BCUT2D eigenvalue weighted by molar-refractivity contribution is 5.97.